The van der Waals surface area contributed by atoms with Gasteiger partial charge in [-0.3, -0.25) is 14.7 Å². The smallest absolute Gasteiger partial charge is 0.222 e. The molecule has 1 aromatic carbocycles. The fourth-order valence-electron chi connectivity index (χ4n) is 3.21. The van der Waals surface area contributed by atoms with Crippen LogP contribution in [0.5, 0.6) is 0 Å². The van der Waals surface area contributed by atoms with Crippen LogP contribution in [0.3, 0.4) is 0 Å². The highest BCUT2D eigenvalue weighted by Crippen LogP contribution is 2.18. The Morgan fingerprint density at radius 2 is 1.69 bits per heavy atom. The monoisotopic (exact) mass is 402 g/mol. The fraction of sp³-hybridized carbons (Fsp3) is 0.500. The van der Waals surface area contributed by atoms with Crippen molar-refractivity contribution in [3.63, 3.8) is 0 Å². The predicted octanol–water partition coefficient (Wildman–Crippen LogP) is 3.65. The number of amides is 2. The average Bonchev–Trinajstić information content (AvgIpc) is 3.18. The first-order valence-corrected chi connectivity index (χ1v) is 10.3. The van der Waals surface area contributed by atoms with Crippen molar-refractivity contribution in [1.29, 1.82) is 0 Å². The van der Waals surface area contributed by atoms with E-state index in [2.05, 4.69) is 10.2 Å². The standard InChI is InChI=1S/C22H31FN4O2/c1-4-27(5-2)22(29)10-6-9-21(28)26(3)15-7-8-19-16-20(25-24-19)17-11-13-18(23)14-12-17/h11-14,16H,4-10,15H2,1-3H3,(H,24,25). The molecule has 1 N–H and O–H groups in total. The summed E-state index contributed by atoms with van der Waals surface area (Å²) < 4.78 is 13.0. The van der Waals surface area contributed by atoms with Crippen molar-refractivity contribution in [1.82, 2.24) is 20.0 Å². The molecule has 0 bridgehead atoms. The van der Waals surface area contributed by atoms with Crippen molar-refractivity contribution in [3.05, 3.63) is 41.8 Å². The molecule has 1 heterocycles. The Morgan fingerprint density at radius 3 is 2.34 bits per heavy atom. The topological polar surface area (TPSA) is 69.3 Å². The molecule has 0 aliphatic rings. The van der Waals surface area contributed by atoms with Gasteiger partial charge in [0.1, 0.15) is 5.82 Å². The predicted molar refractivity (Wildman–Crippen MR) is 112 cm³/mol. The van der Waals surface area contributed by atoms with Gasteiger partial charge in [0.25, 0.3) is 0 Å². The third-order valence-electron chi connectivity index (χ3n) is 5.03. The van der Waals surface area contributed by atoms with Crippen molar-refractivity contribution < 1.29 is 14.0 Å². The summed E-state index contributed by atoms with van der Waals surface area (Å²) in [5.74, 6) is -0.0924. The highest BCUT2D eigenvalue weighted by atomic mass is 19.1. The van der Waals surface area contributed by atoms with E-state index in [0.717, 1.165) is 29.8 Å². The van der Waals surface area contributed by atoms with E-state index in [0.29, 0.717) is 38.9 Å². The SMILES string of the molecule is CCN(CC)C(=O)CCCC(=O)N(C)CCCc1cc(-c2ccc(F)cc2)n[nH]1. The summed E-state index contributed by atoms with van der Waals surface area (Å²) in [7, 11) is 1.80. The zero-order chi connectivity index (χ0) is 21.2. The maximum Gasteiger partial charge on any atom is 0.222 e. The lowest BCUT2D eigenvalue weighted by molar-refractivity contribution is -0.132. The summed E-state index contributed by atoms with van der Waals surface area (Å²) in [5, 5.41) is 7.27. The van der Waals surface area contributed by atoms with Crippen LogP contribution in [0.25, 0.3) is 11.3 Å². The van der Waals surface area contributed by atoms with Crippen LogP contribution < -0.4 is 0 Å². The van der Waals surface area contributed by atoms with Gasteiger partial charge in [0.2, 0.25) is 11.8 Å². The van der Waals surface area contributed by atoms with Crippen LogP contribution in [-0.2, 0) is 16.0 Å². The normalized spacial score (nSPS) is 10.8. The number of carbonyl (C=O) groups is 2. The second-order valence-corrected chi connectivity index (χ2v) is 7.12. The molecule has 0 spiro atoms. The molecule has 0 aliphatic heterocycles. The van der Waals surface area contributed by atoms with Gasteiger partial charge in [-0.2, -0.15) is 5.10 Å². The number of nitrogens with zero attached hydrogens (tertiary/aromatic N) is 3. The number of H-pyrrole nitrogens is 1. The van der Waals surface area contributed by atoms with Gasteiger partial charge in [-0.05, 0) is 63.4 Å². The minimum absolute atomic E-state index is 0.0639. The molecule has 0 saturated heterocycles. The molecule has 0 unspecified atom stereocenters. The van der Waals surface area contributed by atoms with Crippen LogP contribution in [0.4, 0.5) is 4.39 Å². The van der Waals surface area contributed by atoms with Crippen molar-refractivity contribution in [2.75, 3.05) is 26.7 Å². The van der Waals surface area contributed by atoms with E-state index >= 15 is 0 Å². The summed E-state index contributed by atoms with van der Waals surface area (Å²) in [6.45, 7) is 5.98. The molecule has 158 valence electrons. The first kappa shape index (κ1) is 22.6. The van der Waals surface area contributed by atoms with E-state index in [-0.39, 0.29) is 17.6 Å². The van der Waals surface area contributed by atoms with Gasteiger partial charge >= 0.3 is 0 Å². The van der Waals surface area contributed by atoms with Gasteiger partial charge in [0.05, 0.1) is 5.69 Å². The summed E-state index contributed by atoms with van der Waals surface area (Å²) in [4.78, 5) is 27.7. The molecule has 2 aromatic rings. The summed E-state index contributed by atoms with van der Waals surface area (Å²) in [6, 6.07) is 8.19. The molecule has 6 nitrogen and oxygen atoms in total. The van der Waals surface area contributed by atoms with E-state index in [4.69, 9.17) is 0 Å². The number of aryl methyl sites for hydroxylation is 1. The van der Waals surface area contributed by atoms with Crippen LogP contribution in [0.15, 0.2) is 30.3 Å². The lowest BCUT2D eigenvalue weighted by Crippen LogP contribution is -2.31. The number of hydrogen-bond acceptors (Lipinski definition) is 3. The Morgan fingerprint density at radius 1 is 1.03 bits per heavy atom. The second kappa shape index (κ2) is 11.3. The zero-order valence-corrected chi connectivity index (χ0v) is 17.6. The van der Waals surface area contributed by atoms with E-state index in [1.807, 2.05) is 19.9 Å². The molecule has 7 heteroatoms. The van der Waals surface area contributed by atoms with Crippen LogP contribution in [0.1, 0.15) is 45.2 Å². The molecular weight excluding hydrogens is 371 g/mol. The number of rotatable bonds is 11. The second-order valence-electron chi connectivity index (χ2n) is 7.12. The first-order chi connectivity index (χ1) is 13.9. The van der Waals surface area contributed by atoms with Gasteiger partial charge in [-0.25, -0.2) is 4.39 Å². The number of hydrogen-bond donors (Lipinski definition) is 1. The number of nitrogens with one attached hydrogen (secondary N) is 1. The fourth-order valence-corrected chi connectivity index (χ4v) is 3.21. The Balaban J connectivity index is 1.70. The van der Waals surface area contributed by atoms with Crippen molar-refractivity contribution >= 4 is 11.8 Å². The number of carbonyl (C=O) groups excluding carboxylic acids is 2. The average molecular weight is 403 g/mol. The minimum Gasteiger partial charge on any atom is -0.346 e. The Labute approximate surface area is 172 Å². The lowest BCUT2D eigenvalue weighted by Gasteiger charge is -2.19. The Hall–Kier alpha value is -2.70. The van der Waals surface area contributed by atoms with Crippen molar-refractivity contribution in [3.8, 4) is 11.3 Å². The zero-order valence-electron chi connectivity index (χ0n) is 17.6. The highest BCUT2D eigenvalue weighted by molar-refractivity contribution is 5.78. The molecule has 1 aromatic heterocycles. The molecular formula is C22H31FN4O2. The van der Waals surface area contributed by atoms with Crippen molar-refractivity contribution in [2.24, 2.45) is 0 Å². The van der Waals surface area contributed by atoms with E-state index in [1.54, 1.807) is 29.0 Å². The Kier molecular flexibility index (Phi) is 8.83. The minimum atomic E-state index is -0.269. The van der Waals surface area contributed by atoms with E-state index < -0.39 is 0 Å². The molecule has 2 amide bonds. The molecule has 0 atom stereocenters. The van der Waals surface area contributed by atoms with Crippen LogP contribution >= 0.6 is 0 Å². The van der Waals surface area contributed by atoms with Gasteiger partial charge in [0.15, 0.2) is 0 Å². The van der Waals surface area contributed by atoms with Gasteiger partial charge in [-0.15, -0.1) is 0 Å². The number of halogens is 1. The molecule has 0 saturated carbocycles. The third-order valence-corrected chi connectivity index (χ3v) is 5.03. The quantitative estimate of drug-likeness (QED) is 0.624. The lowest BCUT2D eigenvalue weighted by atomic mass is 10.1. The van der Waals surface area contributed by atoms with Crippen molar-refractivity contribution in [2.45, 2.75) is 46.0 Å². The molecule has 0 fully saturated rings. The number of benzene rings is 1. The van der Waals surface area contributed by atoms with Crippen LogP contribution in [-0.4, -0.2) is 58.5 Å². The number of aromatic nitrogens is 2. The van der Waals surface area contributed by atoms with Gasteiger partial charge in [0, 0.05) is 50.8 Å². The molecule has 29 heavy (non-hydrogen) atoms. The Bertz CT molecular complexity index is 784. The maximum absolute atomic E-state index is 13.0. The van der Waals surface area contributed by atoms with Gasteiger partial charge < -0.3 is 9.80 Å². The molecule has 2 rings (SSSR count). The van der Waals surface area contributed by atoms with E-state index in [1.165, 1.54) is 12.1 Å². The molecule has 0 radical (unpaired) electrons. The van der Waals surface area contributed by atoms with Gasteiger partial charge in [-0.1, -0.05) is 0 Å². The maximum atomic E-state index is 13.0. The van der Waals surface area contributed by atoms with Crippen LogP contribution in [0.2, 0.25) is 0 Å². The number of aromatic amines is 1. The van der Waals surface area contributed by atoms with Crippen LogP contribution in [0, 0.1) is 5.82 Å². The summed E-state index contributed by atoms with van der Waals surface area (Å²) in [5.41, 5.74) is 2.62. The van der Waals surface area contributed by atoms with E-state index in [9.17, 15) is 14.0 Å². The largest absolute Gasteiger partial charge is 0.346 e. The third kappa shape index (κ3) is 7.00. The first-order valence-electron chi connectivity index (χ1n) is 10.3. The summed E-state index contributed by atoms with van der Waals surface area (Å²) >= 11 is 0. The summed E-state index contributed by atoms with van der Waals surface area (Å²) in [6.07, 6.45) is 2.97. The highest BCUT2D eigenvalue weighted by Gasteiger charge is 2.13. The molecule has 0 aliphatic carbocycles.